The van der Waals surface area contributed by atoms with E-state index in [1.165, 1.54) is 13.8 Å². The Hall–Kier alpha value is -1.05. The van der Waals surface area contributed by atoms with E-state index >= 15 is 0 Å². The first-order chi connectivity index (χ1) is 8.17. The van der Waals surface area contributed by atoms with Crippen LogP contribution in [0.4, 0.5) is 0 Å². The summed E-state index contributed by atoms with van der Waals surface area (Å²) in [5, 5.41) is 26.8. The Kier molecular flexibility index (Phi) is 26.9. The van der Waals surface area contributed by atoms with Gasteiger partial charge >= 0.3 is 21.7 Å². The number of rotatable bonds is 5. The van der Waals surface area contributed by atoms with E-state index in [1.807, 2.05) is 6.92 Å². The van der Waals surface area contributed by atoms with Gasteiger partial charge in [-0.05, 0) is 20.3 Å². The van der Waals surface area contributed by atoms with Crippen LogP contribution in [0.15, 0.2) is 0 Å². The monoisotopic (exact) mass is 310 g/mol. The number of aliphatic carboxylic acids is 2. The molecular weight excluding hydrogens is 292 g/mol. The Labute approximate surface area is 126 Å². The van der Waals surface area contributed by atoms with Crippen molar-refractivity contribution >= 4 is 23.5 Å². The van der Waals surface area contributed by atoms with Crippen molar-refractivity contribution < 1.29 is 56.2 Å². The minimum Gasteiger partial charge on any atom is -0.550 e. The fraction of sp³-hybridized carbons (Fsp3) is 0.636. The van der Waals surface area contributed by atoms with E-state index in [9.17, 15) is 29.4 Å². The number of aliphatic hydroxyl groups is 1. The number of aliphatic hydroxyl groups excluding tert-OH is 1. The molecule has 0 atom stereocenters. The fourth-order valence-electron chi connectivity index (χ4n) is 0.407. The van der Waals surface area contributed by atoms with Gasteiger partial charge in [-0.1, -0.05) is 6.92 Å². The predicted octanol–water partition coefficient (Wildman–Crippen LogP) is -2.18. The van der Waals surface area contributed by atoms with Crippen LogP contribution in [0, 0.1) is 0 Å². The summed E-state index contributed by atoms with van der Waals surface area (Å²) in [6.07, 6.45) is -0.0694. The molecule has 0 aliphatic rings. The molecule has 0 saturated carbocycles. The summed E-state index contributed by atoms with van der Waals surface area (Å²) in [5.41, 5.74) is 0. The molecule has 7 nitrogen and oxygen atoms in total. The first-order valence-corrected chi connectivity index (χ1v) is 5.16. The molecule has 1 N–H and O–H groups in total. The number of carbonyl (C=O) groups excluding carboxylic acids is 4. The summed E-state index contributed by atoms with van der Waals surface area (Å²) in [4.78, 5) is 38.6. The van der Waals surface area contributed by atoms with Crippen molar-refractivity contribution in [3.63, 3.8) is 0 Å². The molecule has 0 saturated heterocycles. The van der Waals surface area contributed by atoms with Crippen LogP contribution in [-0.2, 0) is 40.9 Å². The van der Waals surface area contributed by atoms with E-state index in [1.54, 1.807) is 0 Å². The minimum atomic E-state index is -1.31. The predicted molar refractivity (Wildman–Crippen MR) is 58.0 cm³/mol. The van der Waals surface area contributed by atoms with Gasteiger partial charge in [0, 0.05) is 31.4 Å². The average molecular weight is 310 g/mol. The molecule has 0 unspecified atom stereocenters. The van der Waals surface area contributed by atoms with Gasteiger partial charge in [0.2, 0.25) is 0 Å². The molecule has 8 heteroatoms. The van der Waals surface area contributed by atoms with Crippen LogP contribution in [0.3, 0.4) is 0 Å². The molecule has 0 radical (unpaired) electrons. The van der Waals surface area contributed by atoms with Crippen LogP contribution in [0.25, 0.3) is 0 Å². The summed E-state index contributed by atoms with van der Waals surface area (Å²) in [7, 11) is 0. The van der Waals surface area contributed by atoms with Crippen LogP contribution in [0.1, 0.15) is 40.0 Å². The van der Waals surface area contributed by atoms with Crippen LogP contribution in [0.2, 0.25) is 0 Å². The quantitative estimate of drug-likeness (QED) is 0.450. The zero-order valence-corrected chi connectivity index (χ0v) is 12.8. The molecule has 0 spiro atoms. The third-order valence-electron chi connectivity index (χ3n) is 1.01. The molecule has 0 aromatic carbocycles. The van der Waals surface area contributed by atoms with E-state index in [2.05, 4.69) is 0 Å². The first-order valence-electron chi connectivity index (χ1n) is 5.16. The van der Waals surface area contributed by atoms with Crippen molar-refractivity contribution in [2.45, 2.75) is 40.0 Å². The van der Waals surface area contributed by atoms with Crippen molar-refractivity contribution in [3.05, 3.63) is 0 Å². The number of carboxylic acid groups (broad SMARTS) is 2. The summed E-state index contributed by atoms with van der Waals surface area (Å²) in [6, 6.07) is 0. The molecule has 0 aromatic heterocycles. The maximum atomic E-state index is 9.83. The van der Waals surface area contributed by atoms with Crippen molar-refractivity contribution in [3.8, 4) is 0 Å². The molecule has 0 heterocycles. The van der Waals surface area contributed by atoms with Gasteiger partial charge < -0.3 is 24.9 Å². The molecule has 0 rings (SSSR count). The molecule has 0 aliphatic heterocycles. The van der Waals surface area contributed by atoms with Gasteiger partial charge in [-0.25, -0.2) is 0 Å². The molecular formula is C11H18O7Ti. The second kappa shape index (κ2) is 19.3. The van der Waals surface area contributed by atoms with Gasteiger partial charge in [0.25, 0.3) is 0 Å². The maximum Gasteiger partial charge on any atom is 2.00 e. The van der Waals surface area contributed by atoms with E-state index in [-0.39, 0.29) is 33.3 Å². The van der Waals surface area contributed by atoms with Gasteiger partial charge in [0.15, 0.2) is 0 Å². The normalized spacial score (nSPS) is 7.58. The number of hydrogen-bond acceptors (Lipinski definition) is 7. The second-order valence-corrected chi connectivity index (χ2v) is 3.23. The van der Waals surface area contributed by atoms with E-state index in [4.69, 9.17) is 5.11 Å². The molecule has 0 aromatic rings. The number of carboxylic acids is 2. The Morgan fingerprint density at radius 1 is 0.895 bits per heavy atom. The molecule has 0 bridgehead atoms. The SMILES string of the molecule is CC(=O)CC(=O)[O-].CC(=O)CC(=O)[O-].CCCO.[Ti+2]. The van der Waals surface area contributed by atoms with Gasteiger partial charge in [-0.3, -0.25) is 9.59 Å². The summed E-state index contributed by atoms with van der Waals surface area (Å²) >= 11 is 0. The fourth-order valence-corrected chi connectivity index (χ4v) is 0.407. The Bertz CT molecular complexity index is 224. The van der Waals surface area contributed by atoms with Gasteiger partial charge in [0.05, 0.1) is 0 Å². The standard InChI is InChI=1S/2C4H6O3.C3H8O.Ti/c2*1-3(5)2-4(6)7;1-2-3-4;/h2*2H2,1H3,(H,6,7);4H,2-3H2,1H3;/q;;;+2/p-2. The van der Waals surface area contributed by atoms with Crippen LogP contribution in [0.5, 0.6) is 0 Å². The van der Waals surface area contributed by atoms with Crippen LogP contribution < -0.4 is 10.2 Å². The number of carbonyl (C=O) groups is 4. The van der Waals surface area contributed by atoms with Crippen molar-refractivity contribution in [1.82, 2.24) is 0 Å². The topological polar surface area (TPSA) is 135 Å². The summed E-state index contributed by atoms with van der Waals surface area (Å²) < 4.78 is 0. The summed E-state index contributed by atoms with van der Waals surface area (Å²) in [6.45, 7) is 4.66. The first kappa shape index (κ1) is 26.5. The van der Waals surface area contributed by atoms with E-state index in [0.29, 0.717) is 6.61 Å². The zero-order chi connectivity index (χ0) is 15.1. The molecule has 0 amide bonds. The smallest absolute Gasteiger partial charge is 0.550 e. The van der Waals surface area contributed by atoms with Crippen LogP contribution in [-0.4, -0.2) is 35.2 Å². The molecule has 19 heavy (non-hydrogen) atoms. The Morgan fingerprint density at radius 2 is 1.11 bits per heavy atom. The third kappa shape index (κ3) is 59.9. The van der Waals surface area contributed by atoms with Gasteiger partial charge in [-0.2, -0.15) is 0 Å². The van der Waals surface area contributed by atoms with Gasteiger partial charge in [0.1, 0.15) is 11.6 Å². The maximum absolute atomic E-state index is 9.83. The number of Topliss-reactive ketones (excluding diaryl/α,β-unsaturated/α-hetero) is 2. The molecule has 108 valence electrons. The van der Waals surface area contributed by atoms with E-state index in [0.717, 1.165) is 6.42 Å². The van der Waals surface area contributed by atoms with Gasteiger partial charge in [-0.15, -0.1) is 0 Å². The summed E-state index contributed by atoms with van der Waals surface area (Å²) in [5.74, 6) is -3.37. The Balaban J connectivity index is -0.0000000900. The zero-order valence-electron chi connectivity index (χ0n) is 11.2. The number of ketones is 2. The van der Waals surface area contributed by atoms with Crippen molar-refractivity contribution in [2.75, 3.05) is 6.61 Å². The number of hydrogen-bond donors (Lipinski definition) is 1. The third-order valence-corrected chi connectivity index (χ3v) is 1.01. The second-order valence-electron chi connectivity index (χ2n) is 3.23. The van der Waals surface area contributed by atoms with Crippen molar-refractivity contribution in [2.24, 2.45) is 0 Å². The van der Waals surface area contributed by atoms with E-state index < -0.39 is 24.8 Å². The molecule has 0 aliphatic carbocycles. The van der Waals surface area contributed by atoms with Crippen molar-refractivity contribution in [1.29, 1.82) is 0 Å². The molecule has 0 fully saturated rings. The largest absolute Gasteiger partial charge is 2.00 e. The average Bonchev–Trinajstić information content (AvgIpc) is 2.14. The minimum absolute atomic E-state index is 0. The Morgan fingerprint density at radius 3 is 1.11 bits per heavy atom. The van der Waals surface area contributed by atoms with Crippen LogP contribution >= 0.6 is 0 Å².